The number of anilines is 1. The van der Waals surface area contributed by atoms with E-state index in [0.717, 1.165) is 0 Å². The predicted molar refractivity (Wildman–Crippen MR) is 68.1 cm³/mol. The normalized spacial score (nSPS) is 11.0. The number of Topliss-reactive ketones (excluding diaryl/α,β-unsaturated/α-hetero) is 1. The van der Waals surface area contributed by atoms with Crippen molar-refractivity contribution in [1.82, 2.24) is 19.5 Å². The fraction of sp³-hybridized carbons (Fsp3) is 0.167. The minimum absolute atomic E-state index is 0.0102. The average Bonchev–Trinajstić information content (AvgIpc) is 2.98. The van der Waals surface area contributed by atoms with E-state index < -0.39 is 0 Å². The van der Waals surface area contributed by atoms with Crippen LogP contribution in [0.2, 0.25) is 0 Å². The van der Waals surface area contributed by atoms with Crippen LogP contribution in [0.15, 0.2) is 29.1 Å². The van der Waals surface area contributed by atoms with Crippen LogP contribution in [0.4, 0.5) is 5.95 Å². The van der Waals surface area contributed by atoms with Gasteiger partial charge in [0.25, 0.3) is 0 Å². The second kappa shape index (κ2) is 4.20. The zero-order chi connectivity index (χ0) is 13.4. The molecule has 3 aromatic heterocycles. The lowest BCUT2D eigenvalue weighted by atomic mass is 10.3. The number of fused-ring (bicyclic) bond motifs is 1. The van der Waals surface area contributed by atoms with Crippen LogP contribution in [0.1, 0.15) is 6.92 Å². The number of furan rings is 1. The smallest absolute Gasteiger partial charge is 0.222 e. The van der Waals surface area contributed by atoms with Crippen molar-refractivity contribution in [2.24, 2.45) is 0 Å². The van der Waals surface area contributed by atoms with Crippen LogP contribution >= 0.6 is 0 Å². The second-order valence-electron chi connectivity index (χ2n) is 4.15. The summed E-state index contributed by atoms with van der Waals surface area (Å²) < 4.78 is 6.95. The molecule has 0 saturated heterocycles. The molecule has 0 aliphatic carbocycles. The van der Waals surface area contributed by atoms with Crippen LogP contribution in [-0.4, -0.2) is 25.3 Å². The largest absolute Gasteiger partial charge is 0.463 e. The Morgan fingerprint density at radius 1 is 1.47 bits per heavy atom. The van der Waals surface area contributed by atoms with Crippen LogP contribution < -0.4 is 5.73 Å². The highest BCUT2D eigenvalue weighted by atomic mass is 16.3. The Bertz CT molecular complexity index is 745. The van der Waals surface area contributed by atoms with Gasteiger partial charge in [0.1, 0.15) is 17.0 Å². The summed E-state index contributed by atoms with van der Waals surface area (Å²) in [5, 5.41) is 0. The van der Waals surface area contributed by atoms with E-state index in [2.05, 4.69) is 15.0 Å². The fourth-order valence-corrected chi connectivity index (χ4v) is 1.90. The van der Waals surface area contributed by atoms with E-state index in [9.17, 15) is 4.79 Å². The van der Waals surface area contributed by atoms with Gasteiger partial charge in [0, 0.05) is 0 Å². The van der Waals surface area contributed by atoms with Gasteiger partial charge in [-0.1, -0.05) is 0 Å². The molecule has 0 amide bonds. The number of hydrogen-bond acceptors (Lipinski definition) is 6. The van der Waals surface area contributed by atoms with Gasteiger partial charge in [-0.25, -0.2) is 9.97 Å². The molecule has 3 heterocycles. The van der Waals surface area contributed by atoms with E-state index in [1.165, 1.54) is 6.92 Å². The van der Waals surface area contributed by atoms with Gasteiger partial charge in [-0.3, -0.25) is 4.79 Å². The van der Waals surface area contributed by atoms with Crippen molar-refractivity contribution < 1.29 is 9.21 Å². The number of aromatic nitrogens is 4. The minimum Gasteiger partial charge on any atom is -0.463 e. The number of ketones is 1. The zero-order valence-corrected chi connectivity index (χ0v) is 10.2. The van der Waals surface area contributed by atoms with Crippen LogP contribution in [-0.2, 0) is 11.3 Å². The molecule has 0 aromatic carbocycles. The first kappa shape index (κ1) is 11.4. The molecule has 0 spiro atoms. The van der Waals surface area contributed by atoms with E-state index in [1.54, 1.807) is 29.3 Å². The molecule has 7 heteroatoms. The van der Waals surface area contributed by atoms with E-state index in [4.69, 9.17) is 10.2 Å². The van der Waals surface area contributed by atoms with E-state index in [-0.39, 0.29) is 18.3 Å². The standard InChI is InChI=1S/C12H11N5O2/c1-7(18)5-17-6-14-10-9(8-3-2-4-19-8)15-12(13)16-11(10)17/h2-4,6H,5H2,1H3,(H2,13,15,16). The van der Waals surface area contributed by atoms with E-state index >= 15 is 0 Å². The molecule has 19 heavy (non-hydrogen) atoms. The Morgan fingerprint density at radius 3 is 3.00 bits per heavy atom. The van der Waals surface area contributed by atoms with Gasteiger partial charge in [0.2, 0.25) is 5.95 Å². The number of imidazole rings is 1. The van der Waals surface area contributed by atoms with Crippen LogP contribution in [0.5, 0.6) is 0 Å². The highest BCUT2D eigenvalue weighted by Crippen LogP contribution is 2.25. The number of nitrogen functional groups attached to an aromatic ring is 1. The summed E-state index contributed by atoms with van der Waals surface area (Å²) in [6, 6.07) is 3.53. The first-order chi connectivity index (χ1) is 9.15. The first-order valence-corrected chi connectivity index (χ1v) is 5.67. The second-order valence-corrected chi connectivity index (χ2v) is 4.15. The van der Waals surface area contributed by atoms with Crippen molar-refractivity contribution in [3.05, 3.63) is 24.7 Å². The highest BCUT2D eigenvalue weighted by molar-refractivity contribution is 5.87. The van der Waals surface area contributed by atoms with Gasteiger partial charge < -0.3 is 14.7 Å². The molecule has 0 fully saturated rings. The van der Waals surface area contributed by atoms with Crippen LogP contribution in [0, 0.1) is 0 Å². The highest BCUT2D eigenvalue weighted by Gasteiger charge is 2.16. The SMILES string of the molecule is CC(=O)Cn1cnc2c(-c3ccco3)nc(N)nc21. The van der Waals surface area contributed by atoms with Gasteiger partial charge >= 0.3 is 0 Å². The van der Waals surface area contributed by atoms with Crippen molar-refractivity contribution >= 4 is 22.9 Å². The number of carbonyl (C=O) groups excluding carboxylic acids is 1. The molecule has 0 aliphatic heterocycles. The molecule has 0 radical (unpaired) electrons. The quantitative estimate of drug-likeness (QED) is 0.758. The molecule has 3 rings (SSSR count). The summed E-state index contributed by atoms with van der Waals surface area (Å²) in [6.07, 6.45) is 3.10. The van der Waals surface area contributed by atoms with Gasteiger partial charge in [-0.2, -0.15) is 4.98 Å². The van der Waals surface area contributed by atoms with Crippen molar-refractivity contribution in [2.45, 2.75) is 13.5 Å². The Kier molecular flexibility index (Phi) is 2.52. The third-order valence-corrected chi connectivity index (χ3v) is 2.63. The molecule has 2 N–H and O–H groups in total. The summed E-state index contributed by atoms with van der Waals surface area (Å²) in [5.41, 5.74) is 7.31. The maximum absolute atomic E-state index is 11.2. The molecule has 7 nitrogen and oxygen atoms in total. The molecule has 96 valence electrons. The molecular weight excluding hydrogens is 246 g/mol. The van der Waals surface area contributed by atoms with Crippen molar-refractivity contribution in [3.8, 4) is 11.5 Å². The maximum atomic E-state index is 11.2. The lowest BCUT2D eigenvalue weighted by Crippen LogP contribution is -2.07. The van der Waals surface area contributed by atoms with Gasteiger partial charge in [-0.05, 0) is 19.1 Å². The number of nitrogens with zero attached hydrogens (tertiary/aromatic N) is 4. The van der Waals surface area contributed by atoms with Crippen LogP contribution in [0.3, 0.4) is 0 Å². The number of nitrogens with two attached hydrogens (primary N) is 1. The molecule has 0 saturated carbocycles. The average molecular weight is 257 g/mol. The molecule has 0 bridgehead atoms. The minimum atomic E-state index is 0.0102. The van der Waals surface area contributed by atoms with Gasteiger partial charge in [-0.15, -0.1) is 0 Å². The summed E-state index contributed by atoms with van der Waals surface area (Å²) >= 11 is 0. The lowest BCUT2D eigenvalue weighted by Gasteiger charge is -2.02. The molecule has 0 unspecified atom stereocenters. The topological polar surface area (TPSA) is 99.8 Å². The van der Waals surface area contributed by atoms with E-state index in [1.807, 2.05) is 0 Å². The first-order valence-electron chi connectivity index (χ1n) is 5.67. The molecule has 3 aromatic rings. The van der Waals surface area contributed by atoms with Crippen molar-refractivity contribution in [2.75, 3.05) is 5.73 Å². The number of rotatable bonds is 3. The molecule has 0 aliphatic rings. The maximum Gasteiger partial charge on any atom is 0.222 e. The Labute approximate surface area is 108 Å². The van der Waals surface area contributed by atoms with Gasteiger partial charge in [0.15, 0.2) is 11.4 Å². The Morgan fingerprint density at radius 2 is 2.32 bits per heavy atom. The Balaban J connectivity index is 2.24. The third kappa shape index (κ3) is 1.95. The summed E-state index contributed by atoms with van der Waals surface area (Å²) in [6.45, 7) is 1.70. The molecular formula is C12H11N5O2. The fourth-order valence-electron chi connectivity index (χ4n) is 1.90. The summed E-state index contributed by atoms with van der Waals surface area (Å²) in [4.78, 5) is 23.7. The number of carbonyl (C=O) groups is 1. The van der Waals surface area contributed by atoms with Gasteiger partial charge in [0.05, 0.1) is 19.1 Å². The van der Waals surface area contributed by atoms with Crippen molar-refractivity contribution in [3.63, 3.8) is 0 Å². The third-order valence-electron chi connectivity index (χ3n) is 2.63. The Hall–Kier alpha value is -2.70. The summed E-state index contributed by atoms with van der Waals surface area (Å²) in [7, 11) is 0. The van der Waals surface area contributed by atoms with Crippen LogP contribution in [0.25, 0.3) is 22.6 Å². The van der Waals surface area contributed by atoms with E-state index in [0.29, 0.717) is 22.6 Å². The molecule has 0 atom stereocenters. The lowest BCUT2D eigenvalue weighted by molar-refractivity contribution is -0.117. The monoisotopic (exact) mass is 257 g/mol. The van der Waals surface area contributed by atoms with Crippen molar-refractivity contribution in [1.29, 1.82) is 0 Å². The predicted octanol–water partition coefficient (Wildman–Crippen LogP) is 1.26. The number of hydrogen-bond donors (Lipinski definition) is 1. The summed E-state index contributed by atoms with van der Waals surface area (Å²) in [5.74, 6) is 0.687. The zero-order valence-electron chi connectivity index (χ0n) is 10.2.